The zero-order chi connectivity index (χ0) is 15.6. The molecule has 7 heteroatoms. The number of hydrogen-bond acceptors (Lipinski definition) is 3. The first-order chi connectivity index (χ1) is 9.93. The molecule has 1 amide bonds. The Kier molecular flexibility index (Phi) is 4.74. The second kappa shape index (κ2) is 6.20. The third-order valence-electron chi connectivity index (χ3n) is 3.73. The molecular formula is C14H14BrClFN3O. The molecule has 1 aliphatic carbocycles. The minimum atomic E-state index is -0.544. The molecule has 4 nitrogen and oxygen atoms in total. The van der Waals surface area contributed by atoms with Crippen LogP contribution in [0.25, 0.3) is 0 Å². The third kappa shape index (κ3) is 3.30. The lowest BCUT2D eigenvalue weighted by Crippen LogP contribution is -2.34. The maximum absolute atomic E-state index is 14.2. The van der Waals surface area contributed by atoms with Gasteiger partial charge in [-0.05, 0) is 25.0 Å². The number of nitrogens with zero attached hydrogens (tertiary/aromatic N) is 2. The van der Waals surface area contributed by atoms with Crippen molar-refractivity contribution < 1.29 is 9.18 Å². The summed E-state index contributed by atoms with van der Waals surface area (Å²) < 4.78 is 14.8. The van der Waals surface area contributed by atoms with E-state index in [0.717, 1.165) is 12.8 Å². The van der Waals surface area contributed by atoms with Crippen LogP contribution < -0.4 is 10.2 Å². The van der Waals surface area contributed by atoms with Crippen LogP contribution in [0.5, 0.6) is 0 Å². The molecule has 0 aromatic heterocycles. The Hall–Kier alpha value is -1.32. The Bertz CT molecular complexity index is 613. The molecule has 1 aromatic rings. The summed E-state index contributed by atoms with van der Waals surface area (Å²) in [5.41, 5.74) is 0.353. The average molecular weight is 375 g/mol. The molecule has 0 aliphatic heterocycles. The predicted molar refractivity (Wildman–Crippen MR) is 84.0 cm³/mol. The smallest absolute Gasteiger partial charge is 0.239 e. The highest BCUT2D eigenvalue weighted by atomic mass is 79.9. The fourth-order valence-corrected chi connectivity index (χ4v) is 2.78. The summed E-state index contributed by atoms with van der Waals surface area (Å²) in [6.07, 6.45) is 2.10. The number of anilines is 2. The molecule has 0 atom stereocenters. The van der Waals surface area contributed by atoms with Gasteiger partial charge in [-0.1, -0.05) is 15.9 Å². The number of amides is 1. The lowest BCUT2D eigenvalue weighted by molar-refractivity contribution is -0.113. The molecular weight excluding hydrogens is 361 g/mol. The zero-order valence-electron chi connectivity index (χ0n) is 11.4. The fraction of sp³-hybridized carbons (Fsp3) is 0.429. The van der Waals surface area contributed by atoms with E-state index in [-0.39, 0.29) is 17.1 Å². The highest BCUT2D eigenvalue weighted by molar-refractivity contribution is 9.10. The minimum Gasteiger partial charge on any atom is -0.366 e. The summed E-state index contributed by atoms with van der Waals surface area (Å²) in [6, 6.07) is 5.18. The largest absolute Gasteiger partial charge is 0.366 e. The normalized spacial score (nSPS) is 15.2. The maximum atomic E-state index is 14.2. The highest BCUT2D eigenvalue weighted by Gasteiger charge is 2.47. The van der Waals surface area contributed by atoms with Crippen molar-refractivity contribution in [2.24, 2.45) is 0 Å². The second-order valence-electron chi connectivity index (χ2n) is 5.08. The van der Waals surface area contributed by atoms with Gasteiger partial charge < -0.3 is 10.2 Å². The SMILES string of the molecule is CN(c1cc(Br)cc(F)c1NC(=O)CCl)C1(CC#N)CC1. The Labute approximate surface area is 136 Å². The first-order valence-electron chi connectivity index (χ1n) is 6.39. The fourth-order valence-electron chi connectivity index (χ4n) is 2.30. The summed E-state index contributed by atoms with van der Waals surface area (Å²) in [7, 11) is 1.81. The topological polar surface area (TPSA) is 56.1 Å². The number of halogens is 3. The number of nitrogens with one attached hydrogen (secondary N) is 1. The van der Waals surface area contributed by atoms with Crippen molar-refractivity contribution in [3.05, 3.63) is 22.4 Å². The standard InChI is InChI=1S/C14H14BrClFN3O/c1-20(14(2-3-14)4-5-18)11-7-9(15)6-10(17)13(11)19-12(21)8-16/h6-7H,2-4,8H2,1H3,(H,19,21). The van der Waals surface area contributed by atoms with E-state index in [1.807, 2.05) is 11.9 Å². The molecule has 21 heavy (non-hydrogen) atoms. The molecule has 1 aromatic carbocycles. The van der Waals surface area contributed by atoms with Crippen LogP contribution in [-0.4, -0.2) is 24.4 Å². The van der Waals surface area contributed by atoms with E-state index < -0.39 is 11.7 Å². The van der Waals surface area contributed by atoms with E-state index in [1.54, 1.807) is 6.07 Å². The number of hydrogen-bond donors (Lipinski definition) is 1. The van der Waals surface area contributed by atoms with Gasteiger partial charge in [-0.2, -0.15) is 5.26 Å². The van der Waals surface area contributed by atoms with Crippen LogP contribution in [-0.2, 0) is 4.79 Å². The predicted octanol–water partition coefficient (Wildman–Crippen LogP) is 3.65. The lowest BCUT2D eigenvalue weighted by atomic mass is 10.1. The first-order valence-corrected chi connectivity index (χ1v) is 7.72. The van der Waals surface area contributed by atoms with Crippen molar-refractivity contribution in [3.63, 3.8) is 0 Å². The molecule has 0 bridgehead atoms. The number of alkyl halides is 1. The van der Waals surface area contributed by atoms with Crippen molar-refractivity contribution in [1.29, 1.82) is 5.26 Å². The Morgan fingerprint density at radius 3 is 2.81 bits per heavy atom. The van der Waals surface area contributed by atoms with Gasteiger partial charge in [0.15, 0.2) is 0 Å². The highest BCUT2D eigenvalue weighted by Crippen LogP contribution is 2.48. The molecule has 2 rings (SSSR count). The van der Waals surface area contributed by atoms with Gasteiger partial charge in [-0.25, -0.2) is 4.39 Å². The van der Waals surface area contributed by atoms with Crippen LogP contribution in [0.2, 0.25) is 0 Å². The van der Waals surface area contributed by atoms with Crippen molar-refractivity contribution in [2.45, 2.75) is 24.8 Å². The van der Waals surface area contributed by atoms with Crippen LogP contribution in [0, 0.1) is 17.1 Å². The molecule has 0 radical (unpaired) electrons. The third-order valence-corrected chi connectivity index (χ3v) is 4.43. The molecule has 1 N–H and O–H groups in total. The summed E-state index contributed by atoms with van der Waals surface area (Å²) in [4.78, 5) is 13.4. The van der Waals surface area contributed by atoms with E-state index in [2.05, 4.69) is 27.3 Å². The Morgan fingerprint density at radius 1 is 1.62 bits per heavy atom. The van der Waals surface area contributed by atoms with Crippen molar-refractivity contribution >= 4 is 44.8 Å². The lowest BCUT2D eigenvalue weighted by Gasteiger charge is -2.30. The van der Waals surface area contributed by atoms with Crippen LogP contribution in [0.1, 0.15) is 19.3 Å². The Balaban J connectivity index is 2.42. The first kappa shape index (κ1) is 16.1. The van der Waals surface area contributed by atoms with E-state index in [1.165, 1.54) is 6.07 Å². The van der Waals surface area contributed by atoms with Gasteiger partial charge >= 0.3 is 0 Å². The summed E-state index contributed by atoms with van der Waals surface area (Å²) in [5, 5.41) is 11.4. The monoisotopic (exact) mass is 373 g/mol. The minimum absolute atomic E-state index is 0.0931. The summed E-state index contributed by atoms with van der Waals surface area (Å²) >= 11 is 8.72. The number of nitriles is 1. The number of benzene rings is 1. The van der Waals surface area contributed by atoms with Crippen LogP contribution in [0.4, 0.5) is 15.8 Å². The van der Waals surface area contributed by atoms with Gasteiger partial charge in [0, 0.05) is 11.5 Å². The maximum Gasteiger partial charge on any atom is 0.239 e. The van der Waals surface area contributed by atoms with Gasteiger partial charge in [0.2, 0.25) is 5.91 Å². The quantitative estimate of drug-likeness (QED) is 0.800. The van der Waals surface area contributed by atoms with Gasteiger partial charge in [0.25, 0.3) is 0 Å². The van der Waals surface area contributed by atoms with Gasteiger partial charge in [-0.3, -0.25) is 4.79 Å². The van der Waals surface area contributed by atoms with Crippen molar-refractivity contribution in [2.75, 3.05) is 23.1 Å². The van der Waals surface area contributed by atoms with Gasteiger partial charge in [0.1, 0.15) is 17.4 Å². The van der Waals surface area contributed by atoms with E-state index >= 15 is 0 Å². The molecule has 1 fully saturated rings. The number of carbonyl (C=O) groups excluding carboxylic acids is 1. The summed E-state index contributed by atoms with van der Waals surface area (Å²) in [5.74, 6) is -1.27. The van der Waals surface area contributed by atoms with Crippen LogP contribution >= 0.6 is 27.5 Å². The van der Waals surface area contributed by atoms with E-state index in [9.17, 15) is 9.18 Å². The van der Waals surface area contributed by atoms with Crippen LogP contribution in [0.15, 0.2) is 16.6 Å². The van der Waals surface area contributed by atoms with Gasteiger partial charge in [-0.15, -0.1) is 11.6 Å². The van der Waals surface area contributed by atoms with E-state index in [4.69, 9.17) is 16.9 Å². The average Bonchev–Trinajstić information content (AvgIpc) is 3.21. The number of rotatable bonds is 5. The second-order valence-corrected chi connectivity index (χ2v) is 6.26. The van der Waals surface area contributed by atoms with Crippen molar-refractivity contribution in [3.8, 4) is 6.07 Å². The Morgan fingerprint density at radius 2 is 2.29 bits per heavy atom. The molecule has 1 saturated carbocycles. The number of carbonyl (C=O) groups is 1. The van der Waals surface area contributed by atoms with Crippen molar-refractivity contribution in [1.82, 2.24) is 0 Å². The summed E-state index contributed by atoms with van der Waals surface area (Å²) in [6.45, 7) is 0. The van der Waals surface area contributed by atoms with Crippen LogP contribution in [0.3, 0.4) is 0 Å². The molecule has 0 heterocycles. The molecule has 0 unspecified atom stereocenters. The molecule has 0 spiro atoms. The van der Waals surface area contributed by atoms with E-state index in [0.29, 0.717) is 16.6 Å². The zero-order valence-corrected chi connectivity index (χ0v) is 13.8. The molecule has 0 saturated heterocycles. The molecule has 112 valence electrons. The van der Waals surface area contributed by atoms with Gasteiger partial charge in [0.05, 0.1) is 23.7 Å². The molecule has 1 aliphatic rings.